The van der Waals surface area contributed by atoms with Crippen molar-refractivity contribution in [1.29, 1.82) is 0 Å². The maximum Gasteiger partial charge on any atom is 0.0181 e. The number of unbranched alkanes of at least 4 members (excludes halogenated alkanes) is 8. The molecule has 0 nitrogen and oxygen atoms in total. The molecule has 6 aromatic carbocycles. The summed E-state index contributed by atoms with van der Waals surface area (Å²) in [7, 11) is 0. The van der Waals surface area contributed by atoms with Crippen LogP contribution in [0.1, 0.15) is 89.2 Å². The first-order valence-corrected chi connectivity index (χ1v) is 19.1. The molecule has 0 aromatic heterocycles. The van der Waals surface area contributed by atoms with Gasteiger partial charge in [-0.2, -0.15) is 0 Å². The second-order valence-electron chi connectivity index (χ2n) is 12.9. The molecular formula is C44H46Br2. The fraction of sp³-hybridized carbons (Fsp3) is 0.318. The van der Waals surface area contributed by atoms with Gasteiger partial charge in [0.1, 0.15) is 0 Å². The monoisotopic (exact) mass is 732 g/mol. The Bertz CT molecular complexity index is 1780. The summed E-state index contributed by atoms with van der Waals surface area (Å²) < 4.78 is 2.25. The van der Waals surface area contributed by atoms with Crippen molar-refractivity contribution in [2.24, 2.45) is 0 Å². The third kappa shape index (κ3) is 6.99. The molecule has 46 heavy (non-hydrogen) atoms. The summed E-state index contributed by atoms with van der Waals surface area (Å²) in [5.41, 5.74) is 8.69. The molecule has 0 fully saturated rings. The Balaban J connectivity index is 1.79. The number of hydrogen-bond donors (Lipinski definition) is 0. The van der Waals surface area contributed by atoms with Crippen LogP contribution in [0, 0.1) is 0 Å². The molecule has 0 amide bonds. The third-order valence-electron chi connectivity index (χ3n) is 9.70. The van der Waals surface area contributed by atoms with Gasteiger partial charge in [0.2, 0.25) is 0 Å². The molecule has 0 radical (unpaired) electrons. The molecule has 0 saturated carbocycles. The topological polar surface area (TPSA) is 0 Å². The lowest BCUT2D eigenvalue weighted by Crippen LogP contribution is -2.05. The maximum absolute atomic E-state index is 3.88. The van der Waals surface area contributed by atoms with Gasteiger partial charge < -0.3 is 0 Å². The molecule has 0 N–H and O–H groups in total. The van der Waals surface area contributed by atoms with E-state index in [1.54, 1.807) is 11.1 Å². The van der Waals surface area contributed by atoms with E-state index in [4.69, 9.17) is 0 Å². The molecule has 0 heterocycles. The van der Waals surface area contributed by atoms with Crippen LogP contribution in [0.5, 0.6) is 0 Å². The van der Waals surface area contributed by atoms with Crippen molar-refractivity contribution in [1.82, 2.24) is 0 Å². The Kier molecular flexibility index (Phi) is 11.3. The zero-order valence-corrected chi connectivity index (χ0v) is 30.7. The number of hydrogen-bond acceptors (Lipinski definition) is 0. The van der Waals surface area contributed by atoms with Gasteiger partial charge in [0.25, 0.3) is 0 Å². The predicted octanol–water partition coefficient (Wildman–Crippen LogP) is 15.0. The molecule has 2 heteroatoms. The molecule has 0 spiro atoms. The molecule has 0 aliphatic rings. The first-order chi connectivity index (χ1) is 22.6. The van der Waals surface area contributed by atoms with Crippen LogP contribution in [0.2, 0.25) is 0 Å². The molecule has 0 saturated heterocycles. The van der Waals surface area contributed by atoms with Crippen LogP contribution < -0.4 is 0 Å². The van der Waals surface area contributed by atoms with Gasteiger partial charge in [-0.05, 0) is 116 Å². The van der Waals surface area contributed by atoms with Gasteiger partial charge in [-0.25, -0.2) is 0 Å². The van der Waals surface area contributed by atoms with Crippen LogP contribution in [-0.4, -0.2) is 0 Å². The van der Waals surface area contributed by atoms with Crippen molar-refractivity contribution in [3.63, 3.8) is 0 Å². The average Bonchev–Trinajstić information content (AvgIpc) is 3.08. The van der Waals surface area contributed by atoms with Gasteiger partial charge >= 0.3 is 0 Å². The largest absolute Gasteiger partial charge is 0.0654 e. The number of fused-ring (bicyclic) bond motifs is 6. The highest BCUT2D eigenvalue weighted by Crippen LogP contribution is 2.50. The lowest BCUT2D eigenvalue weighted by atomic mass is 9.77. The van der Waals surface area contributed by atoms with Crippen molar-refractivity contribution in [2.45, 2.75) is 90.9 Å². The molecule has 0 unspecified atom stereocenters. The SMILES string of the molecule is CCCCCCCc1c(CCCCCCC)c(-c2ccccc2)c2c3cc(Br)ccc3c3ccc(Br)cc3c2c1-c1ccccc1. The lowest BCUT2D eigenvalue weighted by molar-refractivity contribution is 0.621. The van der Waals surface area contributed by atoms with Gasteiger partial charge in [-0.15, -0.1) is 0 Å². The van der Waals surface area contributed by atoms with Crippen LogP contribution in [0.4, 0.5) is 0 Å². The Hall–Kier alpha value is -2.94. The minimum Gasteiger partial charge on any atom is -0.0654 e. The first kappa shape index (κ1) is 33.0. The summed E-state index contributed by atoms with van der Waals surface area (Å²) >= 11 is 7.77. The van der Waals surface area contributed by atoms with Gasteiger partial charge in [0.15, 0.2) is 0 Å². The Morgan fingerprint density at radius 1 is 0.413 bits per heavy atom. The molecule has 0 aliphatic carbocycles. The number of rotatable bonds is 14. The Morgan fingerprint density at radius 3 is 1.20 bits per heavy atom. The summed E-state index contributed by atoms with van der Waals surface area (Å²) in [4.78, 5) is 0. The molecule has 0 bridgehead atoms. The van der Waals surface area contributed by atoms with E-state index in [2.05, 4.69) is 143 Å². The fourth-order valence-corrected chi connectivity index (χ4v) is 8.24. The van der Waals surface area contributed by atoms with Crippen LogP contribution in [0.3, 0.4) is 0 Å². The fourth-order valence-electron chi connectivity index (χ4n) is 7.52. The highest BCUT2D eigenvalue weighted by atomic mass is 79.9. The molecule has 0 atom stereocenters. The predicted molar refractivity (Wildman–Crippen MR) is 210 cm³/mol. The van der Waals surface area contributed by atoms with Gasteiger partial charge in [0.05, 0.1) is 0 Å². The minimum atomic E-state index is 1.11. The summed E-state index contributed by atoms with van der Waals surface area (Å²) in [5.74, 6) is 0. The van der Waals surface area contributed by atoms with Crippen molar-refractivity contribution in [3.05, 3.63) is 117 Å². The number of benzene rings is 6. The Labute approximate surface area is 292 Å². The minimum absolute atomic E-state index is 1.11. The lowest BCUT2D eigenvalue weighted by Gasteiger charge is -2.26. The van der Waals surface area contributed by atoms with Gasteiger partial charge in [-0.1, -0.05) is 170 Å². The standard InChI is InChI=1S/C44H46Br2/c1-3-5-7-9-17-23-37-38(24-18-10-8-6-4-2)42(32-21-15-12-16-22-32)44-40-30-34(46)26-28-36(40)35-27-25-33(45)29-39(35)43(44)41(37)31-19-13-11-14-20-31/h11-16,19-22,25-30H,3-10,17-18,23-24H2,1-2H3. The van der Waals surface area contributed by atoms with Crippen LogP contribution in [-0.2, 0) is 12.8 Å². The maximum atomic E-state index is 3.88. The highest BCUT2D eigenvalue weighted by molar-refractivity contribution is 9.10. The highest BCUT2D eigenvalue weighted by Gasteiger charge is 2.25. The van der Waals surface area contributed by atoms with E-state index in [1.807, 2.05) is 0 Å². The van der Waals surface area contributed by atoms with E-state index in [0.717, 1.165) is 21.8 Å². The zero-order valence-electron chi connectivity index (χ0n) is 27.5. The van der Waals surface area contributed by atoms with E-state index in [0.29, 0.717) is 0 Å². The van der Waals surface area contributed by atoms with E-state index in [-0.39, 0.29) is 0 Å². The molecule has 236 valence electrons. The quantitative estimate of drug-likeness (QED) is 0.0772. The summed E-state index contributed by atoms with van der Waals surface area (Å²) in [6.45, 7) is 4.62. The van der Waals surface area contributed by atoms with Crippen molar-refractivity contribution < 1.29 is 0 Å². The second kappa shape index (κ2) is 15.8. The van der Waals surface area contributed by atoms with Crippen molar-refractivity contribution in [2.75, 3.05) is 0 Å². The molecular weight excluding hydrogens is 688 g/mol. The van der Waals surface area contributed by atoms with Crippen LogP contribution in [0.25, 0.3) is 54.6 Å². The normalized spacial score (nSPS) is 11.7. The van der Waals surface area contributed by atoms with E-state index >= 15 is 0 Å². The number of halogens is 2. The van der Waals surface area contributed by atoms with Crippen molar-refractivity contribution in [3.8, 4) is 22.3 Å². The van der Waals surface area contributed by atoms with E-state index in [9.17, 15) is 0 Å². The van der Waals surface area contributed by atoms with Gasteiger partial charge in [-0.3, -0.25) is 0 Å². The average molecular weight is 735 g/mol. The van der Waals surface area contributed by atoms with Crippen LogP contribution >= 0.6 is 31.9 Å². The van der Waals surface area contributed by atoms with Crippen LogP contribution in [0.15, 0.2) is 106 Å². The zero-order chi connectivity index (χ0) is 31.9. The van der Waals surface area contributed by atoms with E-state index < -0.39 is 0 Å². The summed E-state index contributed by atoms with van der Waals surface area (Å²) in [6.07, 6.45) is 15.1. The van der Waals surface area contributed by atoms with Crippen molar-refractivity contribution >= 4 is 64.2 Å². The Morgan fingerprint density at radius 2 is 0.804 bits per heavy atom. The molecule has 6 rings (SSSR count). The summed E-state index contributed by atoms with van der Waals surface area (Å²) in [6, 6.07) is 36.4. The second-order valence-corrected chi connectivity index (χ2v) is 14.7. The first-order valence-electron chi connectivity index (χ1n) is 17.5. The summed E-state index contributed by atoms with van der Waals surface area (Å²) in [5, 5.41) is 8.08. The van der Waals surface area contributed by atoms with Gasteiger partial charge in [0, 0.05) is 8.95 Å². The molecule has 6 aromatic rings. The molecule has 0 aliphatic heterocycles. The third-order valence-corrected chi connectivity index (χ3v) is 10.7. The smallest absolute Gasteiger partial charge is 0.0181 e. The van der Waals surface area contributed by atoms with E-state index in [1.165, 1.54) is 119 Å².